The van der Waals surface area contributed by atoms with E-state index in [0.29, 0.717) is 24.6 Å². The summed E-state index contributed by atoms with van der Waals surface area (Å²) in [4.78, 5) is 27.7. The van der Waals surface area contributed by atoms with E-state index in [2.05, 4.69) is 10.3 Å². The van der Waals surface area contributed by atoms with E-state index in [9.17, 15) is 22.8 Å². The highest BCUT2D eigenvalue weighted by Crippen LogP contribution is 2.64. The number of aliphatic hydroxyl groups excluding tert-OH is 1. The van der Waals surface area contributed by atoms with Crippen LogP contribution in [0.5, 0.6) is 0 Å². The summed E-state index contributed by atoms with van der Waals surface area (Å²) in [5.41, 5.74) is -3.66. The van der Waals surface area contributed by atoms with Crippen molar-refractivity contribution in [3.63, 3.8) is 0 Å². The maximum Gasteiger partial charge on any atom is 0.417 e. The van der Waals surface area contributed by atoms with Gasteiger partial charge in [-0.3, -0.25) is 9.59 Å². The Balaban J connectivity index is 1.54. The number of halogens is 3. The first kappa shape index (κ1) is 22.5. The maximum absolute atomic E-state index is 13.5. The van der Waals surface area contributed by atoms with Gasteiger partial charge in [-0.15, -0.1) is 5.10 Å². The number of amides is 2. The van der Waals surface area contributed by atoms with E-state index in [4.69, 9.17) is 15.1 Å². The number of ether oxygens (including phenoxy) is 1. The highest BCUT2D eigenvalue weighted by Gasteiger charge is 2.76. The number of nitriles is 1. The van der Waals surface area contributed by atoms with Crippen molar-refractivity contribution in [2.24, 2.45) is 11.8 Å². The summed E-state index contributed by atoms with van der Waals surface area (Å²) in [6.07, 6.45) is -2.52. The van der Waals surface area contributed by atoms with Gasteiger partial charge in [0.05, 0.1) is 52.1 Å². The average Bonchev–Trinajstić information content (AvgIpc) is 3.46. The molecule has 1 unspecified atom stereocenters. The topological polar surface area (TPSA) is 121 Å². The number of hydrogen-bond donors (Lipinski definition) is 1. The standard InChI is InChI=1S/C22H20F3N5O4/c1-20-8-15(29-10-12(5-6-31)27-28-29)21(2,34-20)17-16(20)18(32)30(19(17)33)13-4-3-11(9-26)14(7-13)22(23,24)25/h3-4,7,10,15-17,31H,5-6,8H2,1-2H3/t15-,16?,17+,20-,21+/m1/s1. The summed E-state index contributed by atoms with van der Waals surface area (Å²) in [6.45, 7) is 3.32. The van der Waals surface area contributed by atoms with E-state index in [1.54, 1.807) is 24.7 Å². The molecule has 3 aliphatic rings. The minimum atomic E-state index is -4.83. The van der Waals surface area contributed by atoms with Crippen LogP contribution in [-0.4, -0.2) is 49.7 Å². The monoisotopic (exact) mass is 475 g/mol. The van der Waals surface area contributed by atoms with Gasteiger partial charge in [-0.25, -0.2) is 9.58 Å². The van der Waals surface area contributed by atoms with Gasteiger partial charge in [0.25, 0.3) is 0 Å². The molecular weight excluding hydrogens is 455 g/mol. The lowest BCUT2D eigenvalue weighted by Crippen LogP contribution is -2.47. The van der Waals surface area contributed by atoms with Gasteiger partial charge in [0.15, 0.2) is 0 Å². The van der Waals surface area contributed by atoms with Crippen LogP contribution < -0.4 is 4.90 Å². The Labute approximate surface area is 191 Å². The van der Waals surface area contributed by atoms with E-state index < -0.39 is 58.2 Å². The van der Waals surface area contributed by atoms with E-state index in [1.807, 2.05) is 0 Å². The van der Waals surface area contributed by atoms with Crippen molar-refractivity contribution in [1.82, 2.24) is 15.0 Å². The first-order valence-corrected chi connectivity index (χ1v) is 10.7. The Kier molecular flexibility index (Phi) is 4.70. The Morgan fingerprint density at radius 2 is 1.97 bits per heavy atom. The second kappa shape index (κ2) is 7.10. The molecule has 12 heteroatoms. The molecule has 4 heterocycles. The van der Waals surface area contributed by atoms with Crippen molar-refractivity contribution in [3.05, 3.63) is 41.2 Å². The number of aliphatic hydroxyl groups is 1. The molecule has 0 radical (unpaired) electrons. The summed E-state index contributed by atoms with van der Waals surface area (Å²) in [5, 5.41) is 26.3. The SMILES string of the molecule is C[C@]12O[C@](C)(C[C@H]1n1cc(CCO)nn1)C1C(=O)N(c3ccc(C#N)c(C(F)(F)F)c3)C(=O)[C@H]12. The summed E-state index contributed by atoms with van der Waals surface area (Å²) in [6, 6.07) is 3.85. The van der Waals surface area contributed by atoms with Gasteiger partial charge < -0.3 is 9.84 Å². The van der Waals surface area contributed by atoms with Crippen LogP contribution in [0.3, 0.4) is 0 Å². The van der Waals surface area contributed by atoms with Crippen molar-refractivity contribution in [3.8, 4) is 6.07 Å². The average molecular weight is 475 g/mol. The van der Waals surface area contributed by atoms with Crippen LogP contribution in [0, 0.1) is 23.2 Å². The van der Waals surface area contributed by atoms with Crippen LogP contribution in [0.1, 0.15) is 43.1 Å². The van der Waals surface area contributed by atoms with Gasteiger partial charge in [0, 0.05) is 25.6 Å². The fourth-order valence-corrected chi connectivity index (χ4v) is 5.83. The third-order valence-corrected chi connectivity index (χ3v) is 7.23. The molecule has 2 aromatic rings. The number of nitrogens with zero attached hydrogens (tertiary/aromatic N) is 5. The van der Waals surface area contributed by atoms with E-state index >= 15 is 0 Å². The minimum absolute atomic E-state index is 0.105. The van der Waals surface area contributed by atoms with Crippen molar-refractivity contribution < 1.29 is 32.6 Å². The first-order valence-electron chi connectivity index (χ1n) is 10.7. The molecule has 2 bridgehead atoms. The molecule has 0 saturated carbocycles. The Bertz CT molecular complexity index is 1250. The van der Waals surface area contributed by atoms with Crippen LogP contribution in [0.4, 0.5) is 18.9 Å². The number of benzene rings is 1. The molecule has 1 aromatic heterocycles. The molecule has 34 heavy (non-hydrogen) atoms. The van der Waals surface area contributed by atoms with E-state index in [0.717, 1.165) is 11.0 Å². The smallest absolute Gasteiger partial charge is 0.396 e. The first-order chi connectivity index (χ1) is 15.9. The molecule has 2 amide bonds. The second-order valence-corrected chi connectivity index (χ2v) is 9.29. The van der Waals surface area contributed by atoms with Crippen molar-refractivity contribution >= 4 is 17.5 Å². The number of anilines is 1. The van der Waals surface area contributed by atoms with Crippen molar-refractivity contribution in [2.75, 3.05) is 11.5 Å². The van der Waals surface area contributed by atoms with Gasteiger partial charge in [-0.1, -0.05) is 5.21 Å². The zero-order chi connectivity index (χ0) is 24.6. The molecule has 0 aliphatic carbocycles. The Morgan fingerprint density at radius 3 is 2.62 bits per heavy atom. The third kappa shape index (κ3) is 2.93. The number of hydrogen-bond acceptors (Lipinski definition) is 7. The summed E-state index contributed by atoms with van der Waals surface area (Å²) in [7, 11) is 0. The molecule has 1 aromatic carbocycles. The Morgan fingerprint density at radius 1 is 1.26 bits per heavy atom. The van der Waals surface area contributed by atoms with Crippen LogP contribution in [0.15, 0.2) is 24.4 Å². The molecule has 3 aliphatic heterocycles. The number of carbonyl (C=O) groups excluding carboxylic acids is 2. The molecule has 5 atom stereocenters. The second-order valence-electron chi connectivity index (χ2n) is 9.29. The number of alkyl halides is 3. The lowest BCUT2D eigenvalue weighted by molar-refractivity contribution is -0.138. The maximum atomic E-state index is 13.5. The zero-order valence-corrected chi connectivity index (χ0v) is 18.2. The largest absolute Gasteiger partial charge is 0.417 e. The number of aromatic nitrogens is 3. The van der Waals surface area contributed by atoms with Gasteiger partial charge >= 0.3 is 6.18 Å². The highest BCUT2D eigenvalue weighted by atomic mass is 19.4. The van der Waals surface area contributed by atoms with Crippen LogP contribution in [0.25, 0.3) is 0 Å². The number of rotatable bonds is 4. The lowest BCUT2D eigenvalue weighted by Gasteiger charge is -2.35. The normalized spacial score (nSPS) is 32.4. The lowest BCUT2D eigenvalue weighted by atomic mass is 9.66. The van der Waals surface area contributed by atoms with Crippen LogP contribution in [0.2, 0.25) is 0 Å². The van der Waals surface area contributed by atoms with Gasteiger partial charge in [-0.2, -0.15) is 18.4 Å². The van der Waals surface area contributed by atoms with Crippen LogP contribution in [-0.2, 0) is 26.9 Å². The molecule has 3 fully saturated rings. The fraction of sp³-hybridized carbons (Fsp3) is 0.500. The minimum Gasteiger partial charge on any atom is -0.396 e. The number of carbonyl (C=O) groups is 2. The van der Waals surface area contributed by atoms with Gasteiger partial charge in [0.1, 0.15) is 5.60 Å². The zero-order valence-electron chi connectivity index (χ0n) is 18.2. The quantitative estimate of drug-likeness (QED) is 0.672. The van der Waals surface area contributed by atoms with Crippen molar-refractivity contribution in [2.45, 2.75) is 50.1 Å². The Hall–Kier alpha value is -3.30. The highest BCUT2D eigenvalue weighted by molar-refractivity contribution is 6.23. The molecular formula is C22H20F3N5O4. The molecule has 178 valence electrons. The number of imide groups is 1. The summed E-state index contributed by atoms with van der Waals surface area (Å²) < 4.78 is 48.3. The van der Waals surface area contributed by atoms with E-state index in [-0.39, 0.29) is 12.3 Å². The molecule has 5 rings (SSSR count). The molecule has 3 saturated heterocycles. The van der Waals surface area contributed by atoms with Gasteiger partial charge in [-0.05, 0) is 32.0 Å². The molecule has 1 N–H and O–H groups in total. The van der Waals surface area contributed by atoms with Crippen LogP contribution >= 0.6 is 0 Å². The molecule has 9 nitrogen and oxygen atoms in total. The third-order valence-electron chi connectivity index (χ3n) is 7.23. The number of fused-ring (bicyclic) bond motifs is 5. The van der Waals surface area contributed by atoms with E-state index in [1.165, 1.54) is 12.1 Å². The predicted molar refractivity (Wildman–Crippen MR) is 108 cm³/mol. The van der Waals surface area contributed by atoms with Gasteiger partial charge in [0.2, 0.25) is 11.8 Å². The summed E-state index contributed by atoms with van der Waals surface area (Å²) >= 11 is 0. The fourth-order valence-electron chi connectivity index (χ4n) is 5.83. The summed E-state index contributed by atoms with van der Waals surface area (Å²) in [5.74, 6) is -3.08. The van der Waals surface area contributed by atoms with Crippen molar-refractivity contribution in [1.29, 1.82) is 5.26 Å². The predicted octanol–water partition coefficient (Wildman–Crippen LogP) is 2.00. The molecule has 0 spiro atoms.